The van der Waals surface area contributed by atoms with E-state index in [1.54, 1.807) is 0 Å². The molecule has 2 heterocycles. The van der Waals surface area contributed by atoms with Crippen molar-refractivity contribution in [3.05, 3.63) is 53.5 Å². The van der Waals surface area contributed by atoms with E-state index >= 15 is 0 Å². The second kappa shape index (κ2) is 7.30. The molecule has 5 nitrogen and oxygen atoms in total. The first-order valence-corrected chi connectivity index (χ1v) is 7.99. The SMILES string of the molecule is C[C@H](Nc1nc(-n2ccnc2)nc(Cl)c1-c1c(F)cc(F)cc1F)C(F)(F)F. The average molecular weight is 422 g/mol. The maximum Gasteiger partial charge on any atom is 0.408 e. The summed E-state index contributed by atoms with van der Waals surface area (Å²) in [5, 5.41) is 1.50. The van der Waals surface area contributed by atoms with Crippen molar-refractivity contribution in [2.24, 2.45) is 0 Å². The molecule has 1 atom stereocenters. The highest BCUT2D eigenvalue weighted by Gasteiger charge is 2.37. The van der Waals surface area contributed by atoms with Crippen molar-refractivity contribution < 1.29 is 26.3 Å². The van der Waals surface area contributed by atoms with E-state index < -0.39 is 51.8 Å². The number of benzene rings is 1. The minimum Gasteiger partial charge on any atom is -0.358 e. The molecule has 0 spiro atoms. The van der Waals surface area contributed by atoms with Crippen LogP contribution in [0.3, 0.4) is 0 Å². The summed E-state index contributed by atoms with van der Waals surface area (Å²) in [6.45, 7) is 0.786. The Morgan fingerprint density at radius 2 is 1.71 bits per heavy atom. The highest BCUT2D eigenvalue weighted by Crippen LogP contribution is 2.38. The summed E-state index contributed by atoms with van der Waals surface area (Å²) in [6.07, 6.45) is -0.692. The Hall–Kier alpha value is -2.82. The molecule has 1 aromatic carbocycles. The van der Waals surface area contributed by atoms with Crippen LogP contribution in [0.4, 0.5) is 32.2 Å². The third kappa shape index (κ3) is 3.88. The third-order valence-corrected chi connectivity index (χ3v) is 3.96. The highest BCUT2D eigenvalue weighted by molar-refractivity contribution is 6.32. The van der Waals surface area contributed by atoms with Gasteiger partial charge in [0.15, 0.2) is 0 Å². The minimum atomic E-state index is -4.69. The highest BCUT2D eigenvalue weighted by atomic mass is 35.5. The number of alkyl halides is 3. The second-order valence-corrected chi connectivity index (χ2v) is 6.02. The summed E-state index contributed by atoms with van der Waals surface area (Å²) in [7, 11) is 0. The summed E-state index contributed by atoms with van der Waals surface area (Å²) in [5.74, 6) is -4.73. The fourth-order valence-corrected chi connectivity index (χ4v) is 2.57. The number of nitrogens with one attached hydrogen (secondary N) is 1. The lowest BCUT2D eigenvalue weighted by molar-refractivity contribution is -0.138. The number of halogens is 7. The van der Waals surface area contributed by atoms with Gasteiger partial charge in [-0.05, 0) is 6.92 Å². The van der Waals surface area contributed by atoms with E-state index in [0.29, 0.717) is 12.1 Å². The van der Waals surface area contributed by atoms with Crippen LogP contribution >= 0.6 is 11.6 Å². The standard InChI is InChI=1S/C16H10ClF6N5/c1-7(16(21,22)23)25-14-12(11-9(19)4-8(18)5-10(11)20)13(17)26-15(27-14)28-3-2-24-6-28/h2-7H,1H3,(H,25,26,27)/t7-/m0/s1. The van der Waals surface area contributed by atoms with Gasteiger partial charge in [0.25, 0.3) is 0 Å². The van der Waals surface area contributed by atoms with Crippen molar-refractivity contribution in [3.63, 3.8) is 0 Å². The molecule has 28 heavy (non-hydrogen) atoms. The smallest absolute Gasteiger partial charge is 0.358 e. The van der Waals surface area contributed by atoms with Crippen LogP contribution in [0.25, 0.3) is 17.1 Å². The van der Waals surface area contributed by atoms with E-state index in [-0.39, 0.29) is 5.95 Å². The summed E-state index contributed by atoms with van der Waals surface area (Å²) < 4.78 is 82.0. The first-order chi connectivity index (χ1) is 13.1. The molecule has 2 aromatic heterocycles. The van der Waals surface area contributed by atoms with E-state index in [1.807, 2.05) is 5.32 Å². The molecule has 3 aromatic rings. The topological polar surface area (TPSA) is 55.6 Å². The molecule has 0 amide bonds. The van der Waals surface area contributed by atoms with Gasteiger partial charge in [-0.25, -0.2) is 18.2 Å². The van der Waals surface area contributed by atoms with Crippen molar-refractivity contribution in [2.45, 2.75) is 19.1 Å². The lowest BCUT2D eigenvalue weighted by Crippen LogP contribution is -2.33. The Kier molecular flexibility index (Phi) is 5.20. The van der Waals surface area contributed by atoms with E-state index in [0.717, 1.165) is 6.92 Å². The van der Waals surface area contributed by atoms with Gasteiger partial charge in [0.1, 0.15) is 40.8 Å². The zero-order chi connectivity index (χ0) is 20.6. The van der Waals surface area contributed by atoms with Gasteiger partial charge in [-0.15, -0.1) is 0 Å². The van der Waals surface area contributed by atoms with Gasteiger partial charge in [-0.3, -0.25) is 4.57 Å². The quantitative estimate of drug-likeness (QED) is 0.487. The number of hydrogen-bond acceptors (Lipinski definition) is 4. The van der Waals surface area contributed by atoms with Crippen molar-refractivity contribution in [1.82, 2.24) is 19.5 Å². The molecule has 12 heteroatoms. The molecular formula is C16H10ClF6N5. The van der Waals surface area contributed by atoms with Crippen LogP contribution in [0.5, 0.6) is 0 Å². The van der Waals surface area contributed by atoms with Crippen LogP contribution in [0.2, 0.25) is 5.15 Å². The fourth-order valence-electron chi connectivity index (χ4n) is 2.31. The van der Waals surface area contributed by atoms with E-state index in [1.165, 1.54) is 23.3 Å². The number of rotatable bonds is 4. The third-order valence-electron chi connectivity index (χ3n) is 3.69. The van der Waals surface area contributed by atoms with E-state index in [4.69, 9.17) is 11.6 Å². The van der Waals surface area contributed by atoms with Crippen LogP contribution < -0.4 is 5.32 Å². The van der Waals surface area contributed by atoms with Crippen LogP contribution in [-0.4, -0.2) is 31.7 Å². The van der Waals surface area contributed by atoms with Gasteiger partial charge in [0.2, 0.25) is 5.95 Å². The zero-order valence-electron chi connectivity index (χ0n) is 13.9. The summed E-state index contributed by atoms with van der Waals surface area (Å²) in [5.41, 5.74) is -1.43. The molecule has 0 saturated heterocycles. The minimum absolute atomic E-state index is 0.189. The molecule has 148 valence electrons. The number of hydrogen-bond donors (Lipinski definition) is 1. The number of aromatic nitrogens is 4. The average Bonchev–Trinajstić information content (AvgIpc) is 3.09. The first kappa shape index (κ1) is 19.9. The molecule has 0 aliphatic carbocycles. The molecular weight excluding hydrogens is 412 g/mol. The number of nitrogens with zero attached hydrogens (tertiary/aromatic N) is 4. The van der Waals surface area contributed by atoms with Gasteiger partial charge in [0.05, 0.1) is 11.1 Å². The normalized spacial score (nSPS) is 12.9. The monoisotopic (exact) mass is 421 g/mol. The van der Waals surface area contributed by atoms with Crippen molar-refractivity contribution >= 4 is 17.4 Å². The molecule has 0 radical (unpaired) electrons. The van der Waals surface area contributed by atoms with Crippen molar-refractivity contribution in [1.29, 1.82) is 0 Å². The van der Waals surface area contributed by atoms with Crippen LogP contribution in [0.15, 0.2) is 30.9 Å². The van der Waals surface area contributed by atoms with Crippen molar-refractivity contribution in [2.75, 3.05) is 5.32 Å². The molecule has 0 aliphatic heterocycles. The van der Waals surface area contributed by atoms with Gasteiger partial charge in [0, 0.05) is 24.5 Å². The molecule has 0 aliphatic rings. The molecule has 3 rings (SSSR count). The molecule has 0 fully saturated rings. The number of imidazole rings is 1. The van der Waals surface area contributed by atoms with Gasteiger partial charge >= 0.3 is 6.18 Å². The fraction of sp³-hybridized carbons (Fsp3) is 0.188. The Morgan fingerprint density at radius 1 is 1.07 bits per heavy atom. The zero-order valence-corrected chi connectivity index (χ0v) is 14.7. The summed E-state index contributed by atoms with van der Waals surface area (Å²) in [4.78, 5) is 11.5. The maximum atomic E-state index is 14.2. The van der Waals surface area contributed by atoms with Gasteiger partial charge < -0.3 is 5.32 Å². The van der Waals surface area contributed by atoms with Crippen LogP contribution in [-0.2, 0) is 0 Å². The Morgan fingerprint density at radius 3 is 2.25 bits per heavy atom. The van der Waals surface area contributed by atoms with E-state index in [9.17, 15) is 26.3 Å². The van der Waals surface area contributed by atoms with Crippen molar-refractivity contribution in [3.8, 4) is 17.1 Å². The van der Waals surface area contributed by atoms with E-state index in [2.05, 4.69) is 15.0 Å². The van der Waals surface area contributed by atoms with Gasteiger partial charge in [-0.1, -0.05) is 11.6 Å². The Labute approximate surface area is 159 Å². The second-order valence-electron chi connectivity index (χ2n) is 5.66. The van der Waals surface area contributed by atoms with Crippen LogP contribution in [0.1, 0.15) is 6.92 Å². The maximum absolute atomic E-state index is 14.2. The lowest BCUT2D eigenvalue weighted by atomic mass is 10.1. The predicted octanol–water partition coefficient (Wildman–Crippen LogP) is 4.76. The Balaban J connectivity index is 2.24. The predicted molar refractivity (Wildman–Crippen MR) is 88.6 cm³/mol. The largest absolute Gasteiger partial charge is 0.408 e. The number of anilines is 1. The lowest BCUT2D eigenvalue weighted by Gasteiger charge is -2.21. The molecule has 0 bridgehead atoms. The Bertz CT molecular complexity index is 982. The molecule has 0 unspecified atom stereocenters. The molecule has 1 N–H and O–H groups in total. The van der Waals surface area contributed by atoms with Gasteiger partial charge in [-0.2, -0.15) is 23.1 Å². The summed E-state index contributed by atoms with van der Waals surface area (Å²) in [6, 6.07) is -1.40. The first-order valence-electron chi connectivity index (χ1n) is 7.62. The summed E-state index contributed by atoms with van der Waals surface area (Å²) >= 11 is 6.03. The van der Waals surface area contributed by atoms with Crippen LogP contribution in [0, 0.1) is 17.5 Å². The molecule has 0 saturated carbocycles.